The van der Waals surface area contributed by atoms with Crippen molar-refractivity contribution < 1.29 is 0 Å². The first-order chi connectivity index (χ1) is 8.74. The van der Waals surface area contributed by atoms with Crippen LogP contribution in [0.25, 0.3) is 0 Å². The zero-order valence-electron chi connectivity index (χ0n) is 12.5. The smallest absolute Gasteiger partial charge is 0.0107 e. The number of rotatable bonds is 5. The quantitative estimate of drug-likeness (QED) is 0.806. The first-order valence-electron chi connectivity index (χ1n) is 8.20. The first kappa shape index (κ1) is 14.3. The van der Waals surface area contributed by atoms with Crippen molar-refractivity contribution in [3.8, 4) is 0 Å². The molecule has 1 saturated carbocycles. The lowest BCUT2D eigenvalue weighted by atomic mass is 9.68. The Morgan fingerprint density at radius 3 is 2.33 bits per heavy atom. The Morgan fingerprint density at radius 2 is 1.72 bits per heavy atom. The predicted molar refractivity (Wildman–Crippen MR) is 78.9 cm³/mol. The summed E-state index contributed by atoms with van der Waals surface area (Å²) in [5.41, 5.74) is 0.763. The number of hydrogen-bond donors (Lipinski definition) is 1. The van der Waals surface area contributed by atoms with Crippen LogP contribution >= 0.6 is 0 Å². The van der Waals surface area contributed by atoms with Crippen LogP contribution in [0, 0.1) is 5.41 Å². The van der Waals surface area contributed by atoms with Crippen LogP contribution in [0.1, 0.15) is 65.2 Å². The van der Waals surface area contributed by atoms with Gasteiger partial charge in [-0.05, 0) is 57.5 Å². The minimum atomic E-state index is 0.680. The molecular weight excluding hydrogens is 220 g/mol. The highest BCUT2D eigenvalue weighted by Gasteiger charge is 2.35. The van der Waals surface area contributed by atoms with E-state index < -0.39 is 0 Å². The van der Waals surface area contributed by atoms with Crippen LogP contribution in [0.4, 0.5) is 0 Å². The largest absolute Gasteiger partial charge is 0.313 e. The van der Waals surface area contributed by atoms with Gasteiger partial charge in [0.2, 0.25) is 0 Å². The van der Waals surface area contributed by atoms with Crippen molar-refractivity contribution in [2.45, 2.75) is 71.3 Å². The normalized spacial score (nSPS) is 26.3. The Bertz CT molecular complexity index is 223. The zero-order chi connectivity index (χ0) is 12.8. The average molecular weight is 252 g/mol. The van der Waals surface area contributed by atoms with Crippen molar-refractivity contribution in [2.24, 2.45) is 5.41 Å². The lowest BCUT2D eigenvalue weighted by molar-refractivity contribution is 0.0680. The van der Waals surface area contributed by atoms with Gasteiger partial charge in [0, 0.05) is 19.1 Å². The van der Waals surface area contributed by atoms with E-state index in [1.54, 1.807) is 0 Å². The molecule has 2 nitrogen and oxygen atoms in total. The highest BCUT2D eigenvalue weighted by Crippen LogP contribution is 2.44. The van der Waals surface area contributed by atoms with Crippen LogP contribution in [0.3, 0.4) is 0 Å². The van der Waals surface area contributed by atoms with Gasteiger partial charge in [-0.3, -0.25) is 0 Å². The van der Waals surface area contributed by atoms with E-state index >= 15 is 0 Å². The molecule has 2 rings (SSSR count). The molecule has 0 amide bonds. The van der Waals surface area contributed by atoms with Gasteiger partial charge in [-0.1, -0.05) is 26.2 Å². The zero-order valence-corrected chi connectivity index (χ0v) is 12.5. The third-order valence-electron chi connectivity index (χ3n) is 5.36. The maximum atomic E-state index is 3.61. The highest BCUT2D eigenvalue weighted by molar-refractivity contribution is 4.88. The highest BCUT2D eigenvalue weighted by atomic mass is 15.1. The minimum absolute atomic E-state index is 0.680. The molecule has 2 fully saturated rings. The van der Waals surface area contributed by atoms with Gasteiger partial charge in [0.05, 0.1) is 0 Å². The van der Waals surface area contributed by atoms with Crippen LogP contribution in [-0.4, -0.2) is 37.1 Å². The van der Waals surface area contributed by atoms with Crippen molar-refractivity contribution in [1.82, 2.24) is 10.2 Å². The van der Waals surface area contributed by atoms with Crippen molar-refractivity contribution in [2.75, 3.05) is 26.2 Å². The fourth-order valence-electron chi connectivity index (χ4n) is 3.67. The van der Waals surface area contributed by atoms with E-state index in [4.69, 9.17) is 0 Å². The van der Waals surface area contributed by atoms with Gasteiger partial charge in [-0.25, -0.2) is 0 Å². The molecule has 1 spiro atoms. The minimum Gasteiger partial charge on any atom is -0.313 e. The number of likely N-dealkylation sites (tertiary alicyclic amines) is 1. The van der Waals surface area contributed by atoms with Crippen LogP contribution in [0.15, 0.2) is 0 Å². The molecule has 1 N–H and O–H groups in total. The fraction of sp³-hybridized carbons (Fsp3) is 1.00. The Morgan fingerprint density at radius 1 is 1.06 bits per heavy atom. The SMILES string of the molecule is CCC(C)NCCN1CCC2(CCCCC2)CC1. The second-order valence-electron chi connectivity index (χ2n) is 6.67. The van der Waals surface area contributed by atoms with Crippen LogP contribution in [-0.2, 0) is 0 Å². The van der Waals surface area contributed by atoms with Crippen LogP contribution < -0.4 is 5.32 Å². The third kappa shape index (κ3) is 3.96. The molecule has 0 aromatic rings. The second-order valence-corrected chi connectivity index (χ2v) is 6.67. The van der Waals surface area contributed by atoms with Crippen molar-refractivity contribution in [3.05, 3.63) is 0 Å². The molecule has 18 heavy (non-hydrogen) atoms. The van der Waals surface area contributed by atoms with Gasteiger partial charge in [-0.15, -0.1) is 0 Å². The van der Waals surface area contributed by atoms with Crippen molar-refractivity contribution in [1.29, 1.82) is 0 Å². The molecular formula is C16H32N2. The van der Waals surface area contributed by atoms with E-state index in [1.165, 1.54) is 77.5 Å². The summed E-state index contributed by atoms with van der Waals surface area (Å²) in [4.78, 5) is 2.68. The number of nitrogens with zero attached hydrogens (tertiary/aromatic N) is 1. The summed E-state index contributed by atoms with van der Waals surface area (Å²) < 4.78 is 0. The Balaban J connectivity index is 1.64. The van der Waals surface area contributed by atoms with E-state index in [1.807, 2.05) is 0 Å². The lowest BCUT2D eigenvalue weighted by Gasteiger charge is -2.44. The van der Waals surface area contributed by atoms with E-state index in [2.05, 4.69) is 24.1 Å². The first-order valence-corrected chi connectivity index (χ1v) is 8.20. The molecule has 106 valence electrons. The molecule has 2 aliphatic rings. The Labute approximate surface area is 114 Å². The number of piperidine rings is 1. The van der Waals surface area contributed by atoms with Gasteiger partial charge >= 0.3 is 0 Å². The van der Waals surface area contributed by atoms with Gasteiger partial charge < -0.3 is 10.2 Å². The van der Waals surface area contributed by atoms with Crippen molar-refractivity contribution in [3.63, 3.8) is 0 Å². The fourth-order valence-corrected chi connectivity index (χ4v) is 3.67. The summed E-state index contributed by atoms with van der Waals surface area (Å²) in [6.45, 7) is 9.66. The monoisotopic (exact) mass is 252 g/mol. The van der Waals surface area contributed by atoms with E-state index in [9.17, 15) is 0 Å². The summed E-state index contributed by atoms with van der Waals surface area (Å²) in [7, 11) is 0. The summed E-state index contributed by atoms with van der Waals surface area (Å²) >= 11 is 0. The Kier molecular flexibility index (Phi) is 5.50. The van der Waals surface area contributed by atoms with Gasteiger partial charge in [0.1, 0.15) is 0 Å². The van der Waals surface area contributed by atoms with Crippen molar-refractivity contribution >= 4 is 0 Å². The molecule has 0 radical (unpaired) electrons. The van der Waals surface area contributed by atoms with Crippen LogP contribution in [0.2, 0.25) is 0 Å². The average Bonchev–Trinajstić information content (AvgIpc) is 2.42. The summed E-state index contributed by atoms with van der Waals surface area (Å²) in [5, 5.41) is 3.61. The number of nitrogens with one attached hydrogen (secondary N) is 1. The summed E-state index contributed by atoms with van der Waals surface area (Å²) in [6, 6.07) is 0.680. The number of hydrogen-bond acceptors (Lipinski definition) is 2. The molecule has 2 heteroatoms. The van der Waals surface area contributed by atoms with Gasteiger partial charge in [0.25, 0.3) is 0 Å². The third-order valence-corrected chi connectivity index (χ3v) is 5.36. The lowest BCUT2D eigenvalue weighted by Crippen LogP contribution is -2.44. The molecule has 1 saturated heterocycles. The molecule has 1 atom stereocenters. The maximum Gasteiger partial charge on any atom is 0.0107 e. The molecule has 0 aromatic carbocycles. The van der Waals surface area contributed by atoms with Crippen LogP contribution in [0.5, 0.6) is 0 Å². The summed E-state index contributed by atoms with van der Waals surface area (Å²) in [5.74, 6) is 0. The second kappa shape index (κ2) is 6.91. The van der Waals surface area contributed by atoms with Gasteiger partial charge in [0.15, 0.2) is 0 Å². The standard InChI is InChI=1S/C16H32N2/c1-3-15(2)17-11-14-18-12-9-16(10-13-18)7-5-4-6-8-16/h15,17H,3-14H2,1-2H3. The maximum absolute atomic E-state index is 3.61. The summed E-state index contributed by atoms with van der Waals surface area (Å²) in [6.07, 6.45) is 11.7. The molecule has 1 aliphatic heterocycles. The predicted octanol–water partition coefficient (Wildman–Crippen LogP) is 3.42. The van der Waals surface area contributed by atoms with Gasteiger partial charge in [-0.2, -0.15) is 0 Å². The van der Waals surface area contributed by atoms with E-state index in [0.29, 0.717) is 6.04 Å². The molecule has 1 heterocycles. The van der Waals surface area contributed by atoms with E-state index in [0.717, 1.165) is 5.41 Å². The topological polar surface area (TPSA) is 15.3 Å². The molecule has 1 unspecified atom stereocenters. The molecule has 0 aromatic heterocycles. The van der Waals surface area contributed by atoms with E-state index in [-0.39, 0.29) is 0 Å². The Hall–Kier alpha value is -0.0800. The molecule has 0 bridgehead atoms. The molecule has 1 aliphatic carbocycles.